The number of carbonyl (C=O) groups is 1. The molecule has 0 N–H and O–H groups in total. The topological polar surface area (TPSA) is 23.6 Å². The lowest BCUT2D eigenvalue weighted by molar-refractivity contribution is 0.0896. The van der Waals surface area contributed by atoms with Crippen LogP contribution in [0.5, 0.6) is 0 Å². The van der Waals surface area contributed by atoms with E-state index in [1.807, 2.05) is 14.0 Å². The lowest BCUT2D eigenvalue weighted by Crippen LogP contribution is -2.35. The number of hydrogen-bond donors (Lipinski definition) is 0. The quantitative estimate of drug-likeness (QED) is 0.722. The van der Waals surface area contributed by atoms with Crippen LogP contribution in [0.1, 0.15) is 30.1 Å². The fraction of sp³-hybridized carbons (Fsp3) is 0.588. The molecule has 4 heteroatoms. The maximum Gasteiger partial charge on any atom is 0.169 e. The first kappa shape index (κ1) is 16.1. The molecular weight excluding hydrogens is 267 g/mol. The molecule has 0 bridgehead atoms. The van der Waals surface area contributed by atoms with Gasteiger partial charge in [-0.1, -0.05) is 19.1 Å². The number of likely N-dealkylation sites (tertiary alicyclic amines) is 1. The highest BCUT2D eigenvalue weighted by Crippen LogP contribution is 2.14. The van der Waals surface area contributed by atoms with Crippen molar-refractivity contribution in [2.75, 3.05) is 39.8 Å². The summed E-state index contributed by atoms with van der Waals surface area (Å²) in [5.74, 6) is -0.722. The minimum Gasteiger partial charge on any atom is -0.304 e. The molecule has 1 unspecified atom stereocenters. The molecular formula is C17H25FN2O. The number of benzene rings is 1. The summed E-state index contributed by atoms with van der Waals surface area (Å²) in [7, 11) is 2.03. The molecule has 1 aromatic rings. The van der Waals surface area contributed by atoms with E-state index in [1.54, 1.807) is 18.2 Å². The van der Waals surface area contributed by atoms with Gasteiger partial charge in [0, 0.05) is 25.6 Å². The standard InChI is InChI=1S/C17H25FN2O/c1-14(17(21)15-7-3-4-8-16(15)18)13-19(2)11-12-20-9-5-6-10-20/h3-4,7-8,14H,5-6,9-13H2,1-2H3. The molecule has 0 aliphatic carbocycles. The maximum atomic E-state index is 13.6. The lowest BCUT2D eigenvalue weighted by Gasteiger charge is -2.23. The highest BCUT2D eigenvalue weighted by molar-refractivity contribution is 5.98. The Balaban J connectivity index is 1.81. The molecule has 116 valence electrons. The highest BCUT2D eigenvalue weighted by Gasteiger charge is 2.20. The molecule has 0 spiro atoms. The van der Waals surface area contributed by atoms with Gasteiger partial charge in [-0.15, -0.1) is 0 Å². The van der Waals surface area contributed by atoms with Gasteiger partial charge >= 0.3 is 0 Å². The molecule has 21 heavy (non-hydrogen) atoms. The van der Waals surface area contributed by atoms with Crippen LogP contribution in [0.15, 0.2) is 24.3 Å². The number of hydrogen-bond acceptors (Lipinski definition) is 3. The van der Waals surface area contributed by atoms with E-state index in [1.165, 1.54) is 32.0 Å². The predicted octanol–water partition coefficient (Wildman–Crippen LogP) is 2.67. The zero-order chi connectivity index (χ0) is 15.2. The van der Waals surface area contributed by atoms with Crippen LogP contribution in [0.2, 0.25) is 0 Å². The largest absolute Gasteiger partial charge is 0.304 e. The fourth-order valence-corrected chi connectivity index (χ4v) is 2.89. The molecule has 0 amide bonds. The first-order chi connectivity index (χ1) is 10.1. The van der Waals surface area contributed by atoms with Gasteiger partial charge in [0.1, 0.15) is 5.82 Å². The van der Waals surface area contributed by atoms with Gasteiger partial charge in [-0.3, -0.25) is 4.79 Å². The van der Waals surface area contributed by atoms with Crippen molar-refractivity contribution in [1.82, 2.24) is 9.80 Å². The molecule has 1 saturated heterocycles. The molecule has 3 nitrogen and oxygen atoms in total. The Morgan fingerprint density at radius 2 is 2.00 bits per heavy atom. The van der Waals surface area contributed by atoms with Crippen LogP contribution in [-0.4, -0.2) is 55.4 Å². The smallest absolute Gasteiger partial charge is 0.169 e. The van der Waals surface area contributed by atoms with Crippen molar-refractivity contribution in [1.29, 1.82) is 0 Å². The molecule has 1 fully saturated rings. The maximum absolute atomic E-state index is 13.6. The van der Waals surface area contributed by atoms with Gasteiger partial charge in [-0.2, -0.15) is 0 Å². The number of Topliss-reactive ketones (excluding diaryl/α,β-unsaturated/α-hetero) is 1. The monoisotopic (exact) mass is 292 g/mol. The van der Waals surface area contributed by atoms with Crippen molar-refractivity contribution in [2.45, 2.75) is 19.8 Å². The van der Waals surface area contributed by atoms with E-state index in [-0.39, 0.29) is 17.3 Å². The zero-order valence-corrected chi connectivity index (χ0v) is 13.0. The Kier molecular flexibility index (Phi) is 5.88. The van der Waals surface area contributed by atoms with E-state index in [4.69, 9.17) is 0 Å². The Bertz CT molecular complexity index is 472. The summed E-state index contributed by atoms with van der Waals surface area (Å²) in [5, 5.41) is 0. The average molecular weight is 292 g/mol. The van der Waals surface area contributed by atoms with Crippen LogP contribution in [0, 0.1) is 11.7 Å². The van der Waals surface area contributed by atoms with Crippen LogP contribution in [0.3, 0.4) is 0 Å². The van der Waals surface area contributed by atoms with E-state index in [0.29, 0.717) is 6.54 Å². The van der Waals surface area contributed by atoms with Gasteiger partial charge in [-0.05, 0) is 45.1 Å². The summed E-state index contributed by atoms with van der Waals surface area (Å²) >= 11 is 0. The normalized spacial score (nSPS) is 17.3. The van der Waals surface area contributed by atoms with E-state index >= 15 is 0 Å². The summed E-state index contributed by atoms with van der Waals surface area (Å²) in [6.07, 6.45) is 2.60. The summed E-state index contributed by atoms with van der Waals surface area (Å²) in [5.41, 5.74) is 0.206. The summed E-state index contributed by atoms with van der Waals surface area (Å²) in [6.45, 7) is 6.93. The van der Waals surface area contributed by atoms with Crippen molar-refractivity contribution in [3.8, 4) is 0 Å². The number of halogens is 1. The van der Waals surface area contributed by atoms with Gasteiger partial charge in [-0.25, -0.2) is 4.39 Å². The number of likely N-dealkylation sites (N-methyl/N-ethyl adjacent to an activating group) is 1. The summed E-state index contributed by atoms with van der Waals surface area (Å²) in [4.78, 5) is 16.9. The third-order valence-electron chi connectivity index (χ3n) is 4.17. The van der Waals surface area contributed by atoms with Gasteiger partial charge in [0.25, 0.3) is 0 Å². The summed E-state index contributed by atoms with van der Waals surface area (Å²) < 4.78 is 13.6. The highest BCUT2D eigenvalue weighted by atomic mass is 19.1. The first-order valence-corrected chi connectivity index (χ1v) is 7.77. The second-order valence-electron chi connectivity index (χ2n) is 6.06. The van der Waals surface area contributed by atoms with Crippen molar-refractivity contribution in [3.05, 3.63) is 35.6 Å². The number of carbonyl (C=O) groups excluding carboxylic acids is 1. The predicted molar refractivity (Wildman–Crippen MR) is 83.1 cm³/mol. The first-order valence-electron chi connectivity index (χ1n) is 7.77. The number of ketones is 1. The van der Waals surface area contributed by atoms with Crippen LogP contribution in [0.4, 0.5) is 4.39 Å². The van der Waals surface area contributed by atoms with Crippen LogP contribution in [-0.2, 0) is 0 Å². The Labute approximate surface area is 126 Å². The average Bonchev–Trinajstić information content (AvgIpc) is 2.98. The molecule has 0 aromatic heterocycles. The van der Waals surface area contributed by atoms with Crippen LogP contribution in [0.25, 0.3) is 0 Å². The molecule has 1 heterocycles. The Morgan fingerprint density at radius 1 is 1.33 bits per heavy atom. The van der Waals surface area contributed by atoms with E-state index in [0.717, 1.165) is 13.1 Å². The van der Waals surface area contributed by atoms with E-state index in [9.17, 15) is 9.18 Å². The molecule has 2 rings (SSSR count). The molecule has 0 saturated carbocycles. The molecule has 1 aliphatic heterocycles. The SMILES string of the molecule is CC(CN(C)CCN1CCCC1)C(=O)c1ccccc1F. The molecule has 1 aromatic carbocycles. The minimum atomic E-state index is -0.422. The van der Waals surface area contributed by atoms with Crippen LogP contribution >= 0.6 is 0 Å². The Morgan fingerprint density at radius 3 is 2.67 bits per heavy atom. The minimum absolute atomic E-state index is 0.110. The Hall–Kier alpha value is -1.26. The van der Waals surface area contributed by atoms with Crippen molar-refractivity contribution in [2.24, 2.45) is 5.92 Å². The molecule has 0 radical (unpaired) electrons. The van der Waals surface area contributed by atoms with Crippen LogP contribution < -0.4 is 0 Å². The third kappa shape index (κ3) is 4.61. The van der Waals surface area contributed by atoms with Crippen molar-refractivity contribution < 1.29 is 9.18 Å². The van der Waals surface area contributed by atoms with Crippen molar-refractivity contribution in [3.63, 3.8) is 0 Å². The fourth-order valence-electron chi connectivity index (χ4n) is 2.89. The summed E-state index contributed by atoms with van der Waals surface area (Å²) in [6, 6.07) is 6.23. The second kappa shape index (κ2) is 7.66. The zero-order valence-electron chi connectivity index (χ0n) is 13.0. The molecule has 1 atom stereocenters. The van der Waals surface area contributed by atoms with Gasteiger partial charge in [0.15, 0.2) is 5.78 Å². The van der Waals surface area contributed by atoms with Gasteiger partial charge < -0.3 is 9.80 Å². The molecule has 1 aliphatic rings. The third-order valence-corrected chi connectivity index (χ3v) is 4.17. The number of rotatable bonds is 7. The van der Waals surface area contributed by atoms with E-state index < -0.39 is 5.82 Å². The van der Waals surface area contributed by atoms with E-state index in [2.05, 4.69) is 9.80 Å². The number of nitrogens with zero attached hydrogens (tertiary/aromatic N) is 2. The second-order valence-corrected chi connectivity index (χ2v) is 6.06. The lowest BCUT2D eigenvalue weighted by atomic mass is 9.98. The van der Waals surface area contributed by atoms with Crippen molar-refractivity contribution >= 4 is 5.78 Å². The van der Waals surface area contributed by atoms with Gasteiger partial charge in [0.2, 0.25) is 0 Å². The van der Waals surface area contributed by atoms with Gasteiger partial charge in [0.05, 0.1) is 5.56 Å².